The summed E-state index contributed by atoms with van der Waals surface area (Å²) in [4.78, 5) is 11.3. The summed E-state index contributed by atoms with van der Waals surface area (Å²) in [6, 6.07) is 0. The molecule has 1 aromatic rings. The molecule has 11 heteroatoms. The minimum atomic E-state index is -4.74. The number of Topliss-reactive ketones (excluding diaryl/α,β-unsaturated/α-hetero) is 1. The number of ketones is 1. The van der Waals surface area contributed by atoms with Gasteiger partial charge in [-0.05, 0) is 12.2 Å². The number of hydrogen-bond donors (Lipinski definition) is 2. The molecule has 1 heterocycles. The van der Waals surface area contributed by atoms with Crippen LogP contribution in [-0.2, 0) is 14.8 Å². The highest BCUT2D eigenvalue weighted by molar-refractivity contribution is 7.89. The first-order chi connectivity index (χ1) is 9.60. The number of fused-ring (bicyclic) bond motifs is 1. The smallest absolute Gasteiger partial charge is 0.381 e. The molecule has 114 valence electrons. The molecule has 2 rings (SSSR count). The van der Waals surface area contributed by atoms with E-state index < -0.39 is 39.7 Å². The van der Waals surface area contributed by atoms with Crippen molar-refractivity contribution in [2.24, 2.45) is 0 Å². The normalized spacial score (nSPS) is 18.7. The standard InChI is InChI=1S/C10H8F3N3O4S/c11-10(12,13)4-15-21(19,20)9-6-2-8(18)7(17)1-5(6)3-14-16-9/h1-3,8,15,18H,4H2. The van der Waals surface area contributed by atoms with Crippen molar-refractivity contribution in [3.63, 3.8) is 0 Å². The maximum atomic E-state index is 12.1. The zero-order chi connectivity index (χ0) is 15.8. The van der Waals surface area contributed by atoms with E-state index in [9.17, 15) is 31.5 Å². The van der Waals surface area contributed by atoms with Crippen LogP contribution in [0.3, 0.4) is 0 Å². The molecule has 1 aliphatic carbocycles. The third-order valence-corrected chi connectivity index (χ3v) is 3.85. The molecule has 1 aliphatic rings. The Morgan fingerprint density at radius 3 is 2.67 bits per heavy atom. The van der Waals surface area contributed by atoms with Crippen molar-refractivity contribution >= 4 is 28.0 Å². The fraction of sp³-hybridized carbons (Fsp3) is 0.300. The number of nitrogens with one attached hydrogen (secondary N) is 1. The van der Waals surface area contributed by atoms with E-state index in [1.54, 1.807) is 0 Å². The number of aromatic nitrogens is 2. The van der Waals surface area contributed by atoms with Gasteiger partial charge in [-0.25, -0.2) is 13.1 Å². The predicted octanol–water partition coefficient (Wildman–Crippen LogP) is -2.18. The second-order valence-corrected chi connectivity index (χ2v) is 5.80. The Bertz CT molecular complexity index is 804. The van der Waals surface area contributed by atoms with Crippen molar-refractivity contribution in [1.29, 1.82) is 0 Å². The Hall–Kier alpha value is -1.85. The van der Waals surface area contributed by atoms with E-state index in [0.29, 0.717) is 0 Å². The van der Waals surface area contributed by atoms with E-state index in [2.05, 4.69) is 10.2 Å². The first kappa shape index (κ1) is 15.5. The Labute approximate surface area is 115 Å². The summed E-state index contributed by atoms with van der Waals surface area (Å²) in [5.74, 6) is -0.693. The number of nitrogens with zero attached hydrogens (tertiary/aromatic N) is 2. The number of alkyl halides is 3. The van der Waals surface area contributed by atoms with E-state index in [0.717, 1.165) is 18.3 Å². The van der Waals surface area contributed by atoms with E-state index >= 15 is 0 Å². The van der Waals surface area contributed by atoms with Crippen LogP contribution in [0.5, 0.6) is 0 Å². The molecule has 0 saturated carbocycles. The minimum Gasteiger partial charge on any atom is -0.381 e. The summed E-state index contributed by atoms with van der Waals surface area (Å²) in [6.07, 6.45) is -3.41. The van der Waals surface area contributed by atoms with Crippen LogP contribution in [0.15, 0.2) is 11.2 Å². The van der Waals surface area contributed by atoms with Gasteiger partial charge in [-0.1, -0.05) is 0 Å². The summed E-state index contributed by atoms with van der Waals surface area (Å²) in [6.45, 7) is -1.77. The Kier molecular flexibility index (Phi) is 3.82. The summed E-state index contributed by atoms with van der Waals surface area (Å²) in [5.41, 5.74) is 0. The molecule has 21 heavy (non-hydrogen) atoms. The molecule has 7 nitrogen and oxygen atoms in total. The Morgan fingerprint density at radius 1 is 1.38 bits per heavy atom. The lowest BCUT2D eigenvalue weighted by Gasteiger charge is -2.11. The van der Waals surface area contributed by atoms with Crippen molar-refractivity contribution in [1.82, 2.24) is 14.9 Å². The van der Waals surface area contributed by atoms with Crippen LogP contribution in [0.25, 0.3) is 12.2 Å². The molecule has 2 N–H and O–H groups in total. The number of carbonyl (C=O) groups is 1. The van der Waals surface area contributed by atoms with Gasteiger partial charge in [0.1, 0.15) is 12.6 Å². The first-order valence-electron chi connectivity index (χ1n) is 5.44. The second-order valence-electron chi connectivity index (χ2n) is 4.12. The number of rotatable bonds is 3. The van der Waals surface area contributed by atoms with Crippen LogP contribution in [0, 0.1) is 0 Å². The summed E-state index contributed by atoms with van der Waals surface area (Å²) < 4.78 is 61.3. The van der Waals surface area contributed by atoms with Crippen molar-refractivity contribution < 1.29 is 31.5 Å². The van der Waals surface area contributed by atoms with Crippen molar-refractivity contribution in [2.75, 3.05) is 6.54 Å². The Morgan fingerprint density at radius 2 is 2.05 bits per heavy atom. The molecular formula is C10H8F3N3O4S. The van der Waals surface area contributed by atoms with E-state index in [1.807, 2.05) is 0 Å². The maximum Gasteiger partial charge on any atom is 0.402 e. The van der Waals surface area contributed by atoms with Gasteiger partial charge in [-0.2, -0.15) is 18.3 Å². The average molecular weight is 323 g/mol. The van der Waals surface area contributed by atoms with Gasteiger partial charge in [-0.3, -0.25) is 4.79 Å². The number of carbonyl (C=O) groups excluding carboxylic acids is 1. The fourth-order valence-corrected chi connectivity index (χ4v) is 2.72. The van der Waals surface area contributed by atoms with Gasteiger partial charge in [0.15, 0.2) is 10.8 Å². The number of hydrogen-bond acceptors (Lipinski definition) is 6. The van der Waals surface area contributed by atoms with Crippen molar-refractivity contribution in [3.8, 4) is 0 Å². The highest BCUT2D eigenvalue weighted by Gasteiger charge is 2.31. The molecule has 0 amide bonds. The quantitative estimate of drug-likeness (QED) is 0.655. The number of aliphatic hydroxyl groups excluding tert-OH is 1. The molecule has 0 radical (unpaired) electrons. The molecule has 0 spiro atoms. The summed E-state index contributed by atoms with van der Waals surface area (Å²) in [5, 5.41) is 15.1. The van der Waals surface area contributed by atoms with Crippen molar-refractivity contribution in [2.45, 2.75) is 17.3 Å². The third kappa shape index (κ3) is 3.43. The van der Waals surface area contributed by atoms with E-state index in [1.165, 1.54) is 4.72 Å². The zero-order valence-electron chi connectivity index (χ0n) is 10.1. The topological polar surface area (TPSA) is 109 Å². The van der Waals surface area contributed by atoms with E-state index in [4.69, 9.17) is 0 Å². The number of halogens is 3. The molecule has 0 saturated heterocycles. The van der Waals surface area contributed by atoms with Crippen LogP contribution in [-0.4, -0.2) is 48.3 Å². The fourth-order valence-electron chi connectivity index (χ4n) is 1.60. The lowest BCUT2D eigenvalue weighted by molar-refractivity contribution is -0.121. The van der Waals surface area contributed by atoms with Crippen LogP contribution in [0.1, 0.15) is 0 Å². The first-order valence-corrected chi connectivity index (χ1v) is 6.92. The minimum absolute atomic E-state index is 0.0488. The number of sulfonamides is 1. The molecular weight excluding hydrogens is 315 g/mol. The molecule has 0 aromatic carbocycles. The van der Waals surface area contributed by atoms with Crippen LogP contribution >= 0.6 is 0 Å². The van der Waals surface area contributed by atoms with Crippen LogP contribution in [0.2, 0.25) is 0 Å². The van der Waals surface area contributed by atoms with E-state index in [-0.39, 0.29) is 10.4 Å². The van der Waals surface area contributed by atoms with Crippen LogP contribution < -0.4 is 15.2 Å². The van der Waals surface area contributed by atoms with Crippen molar-refractivity contribution in [3.05, 3.63) is 16.6 Å². The van der Waals surface area contributed by atoms with Gasteiger partial charge in [0, 0.05) is 10.4 Å². The summed E-state index contributed by atoms with van der Waals surface area (Å²) >= 11 is 0. The largest absolute Gasteiger partial charge is 0.402 e. The predicted molar refractivity (Wildman–Crippen MR) is 62.5 cm³/mol. The second kappa shape index (κ2) is 5.16. The third-order valence-electron chi connectivity index (χ3n) is 2.52. The van der Waals surface area contributed by atoms with Gasteiger partial charge in [0.05, 0.1) is 6.20 Å². The molecule has 0 bridgehead atoms. The lowest BCUT2D eigenvalue weighted by atomic mass is 10.1. The molecule has 1 aromatic heterocycles. The van der Waals surface area contributed by atoms with Gasteiger partial charge >= 0.3 is 6.18 Å². The van der Waals surface area contributed by atoms with Gasteiger partial charge in [-0.15, -0.1) is 5.10 Å². The van der Waals surface area contributed by atoms with Crippen LogP contribution in [0.4, 0.5) is 13.2 Å². The molecule has 1 unspecified atom stereocenters. The summed E-state index contributed by atoms with van der Waals surface area (Å²) in [7, 11) is -4.59. The van der Waals surface area contributed by atoms with Gasteiger partial charge < -0.3 is 5.11 Å². The van der Waals surface area contributed by atoms with Gasteiger partial charge in [0.25, 0.3) is 10.0 Å². The Balaban J connectivity index is 2.53. The SMILES string of the molecule is O=C1C=c2cnnc(S(=O)(=O)NCC(F)(F)F)c2=CC1O. The highest BCUT2D eigenvalue weighted by atomic mass is 32.2. The molecule has 0 fully saturated rings. The van der Waals surface area contributed by atoms with Gasteiger partial charge in [0.2, 0.25) is 0 Å². The zero-order valence-corrected chi connectivity index (χ0v) is 10.9. The molecule has 1 atom stereocenters. The maximum absolute atomic E-state index is 12.1. The monoisotopic (exact) mass is 323 g/mol. The lowest BCUT2D eigenvalue weighted by Crippen LogP contribution is -2.43. The molecule has 0 aliphatic heterocycles. The average Bonchev–Trinajstić information content (AvgIpc) is 2.36. The number of aliphatic hydroxyl groups is 1. The highest BCUT2D eigenvalue weighted by Crippen LogP contribution is 2.13.